The standard InChI is InChI=1S/C11H10F3NO4/c12-11(13,14)7-4-2-1-3-6(7)9(10(18)19)15-5-8(16)17/h1-4,9,15H,5H2,(H,16,17)(H,18,19). The Morgan fingerprint density at radius 1 is 1.21 bits per heavy atom. The number of benzene rings is 1. The third-order valence-corrected chi connectivity index (χ3v) is 2.28. The van der Waals surface area contributed by atoms with Gasteiger partial charge in [0, 0.05) is 0 Å². The molecule has 104 valence electrons. The zero-order valence-corrected chi connectivity index (χ0v) is 9.44. The predicted octanol–water partition coefficient (Wildman–Crippen LogP) is 1.51. The molecule has 0 saturated carbocycles. The first-order valence-corrected chi connectivity index (χ1v) is 5.07. The van der Waals surface area contributed by atoms with E-state index in [2.05, 4.69) is 0 Å². The van der Waals surface area contributed by atoms with E-state index < -0.39 is 41.8 Å². The van der Waals surface area contributed by atoms with Crippen LogP contribution in [0.25, 0.3) is 0 Å². The lowest BCUT2D eigenvalue weighted by Gasteiger charge is -2.18. The molecule has 0 spiro atoms. The van der Waals surface area contributed by atoms with Crippen molar-refractivity contribution in [3.05, 3.63) is 35.4 Å². The number of carboxylic acid groups (broad SMARTS) is 2. The molecule has 1 unspecified atom stereocenters. The molecule has 0 aliphatic carbocycles. The van der Waals surface area contributed by atoms with Crippen molar-refractivity contribution in [3.63, 3.8) is 0 Å². The Hall–Kier alpha value is -2.09. The number of alkyl halides is 3. The summed E-state index contributed by atoms with van der Waals surface area (Å²) in [4.78, 5) is 21.3. The first kappa shape index (κ1) is 15.0. The lowest BCUT2D eigenvalue weighted by atomic mass is 10.00. The van der Waals surface area contributed by atoms with Crippen LogP contribution in [-0.2, 0) is 15.8 Å². The van der Waals surface area contributed by atoms with Crippen LogP contribution in [0.3, 0.4) is 0 Å². The zero-order chi connectivity index (χ0) is 14.6. The van der Waals surface area contributed by atoms with Crippen molar-refractivity contribution in [2.75, 3.05) is 6.54 Å². The quantitative estimate of drug-likeness (QED) is 0.759. The fraction of sp³-hybridized carbons (Fsp3) is 0.273. The molecule has 0 aromatic heterocycles. The summed E-state index contributed by atoms with van der Waals surface area (Å²) in [6, 6.07) is 2.38. The second-order valence-electron chi connectivity index (χ2n) is 3.63. The van der Waals surface area contributed by atoms with Gasteiger partial charge in [0.25, 0.3) is 0 Å². The van der Waals surface area contributed by atoms with E-state index in [4.69, 9.17) is 10.2 Å². The Bertz CT molecular complexity index is 487. The highest BCUT2D eigenvalue weighted by atomic mass is 19.4. The van der Waals surface area contributed by atoms with Crippen LogP contribution >= 0.6 is 0 Å². The minimum Gasteiger partial charge on any atom is -0.480 e. The van der Waals surface area contributed by atoms with Crippen molar-refractivity contribution < 1.29 is 33.0 Å². The number of nitrogens with one attached hydrogen (secondary N) is 1. The number of aliphatic carboxylic acids is 2. The highest BCUT2D eigenvalue weighted by Crippen LogP contribution is 2.34. The molecule has 0 aliphatic rings. The molecule has 0 fully saturated rings. The summed E-state index contributed by atoms with van der Waals surface area (Å²) < 4.78 is 38.2. The van der Waals surface area contributed by atoms with Gasteiger partial charge in [0.2, 0.25) is 0 Å². The number of carbonyl (C=O) groups is 2. The van der Waals surface area contributed by atoms with Crippen molar-refractivity contribution in [2.24, 2.45) is 0 Å². The fourth-order valence-corrected chi connectivity index (χ4v) is 1.53. The Labute approximate surface area is 105 Å². The molecular weight excluding hydrogens is 267 g/mol. The number of rotatable bonds is 5. The van der Waals surface area contributed by atoms with Crippen LogP contribution in [0.15, 0.2) is 24.3 Å². The smallest absolute Gasteiger partial charge is 0.416 e. The maximum atomic E-state index is 12.7. The zero-order valence-electron chi connectivity index (χ0n) is 9.44. The molecule has 0 aliphatic heterocycles. The normalized spacial score (nSPS) is 13.0. The van der Waals surface area contributed by atoms with E-state index in [0.29, 0.717) is 0 Å². The van der Waals surface area contributed by atoms with E-state index >= 15 is 0 Å². The third kappa shape index (κ3) is 3.95. The summed E-state index contributed by atoms with van der Waals surface area (Å²) in [6.07, 6.45) is -4.71. The van der Waals surface area contributed by atoms with Gasteiger partial charge in [0.1, 0.15) is 6.04 Å². The van der Waals surface area contributed by atoms with Crippen LogP contribution in [0.1, 0.15) is 17.2 Å². The second kappa shape index (κ2) is 5.70. The Balaban J connectivity index is 3.16. The highest BCUT2D eigenvalue weighted by Gasteiger charge is 2.36. The highest BCUT2D eigenvalue weighted by molar-refractivity contribution is 5.77. The number of hydrogen-bond donors (Lipinski definition) is 3. The first-order chi connectivity index (χ1) is 8.73. The fourth-order valence-electron chi connectivity index (χ4n) is 1.53. The molecule has 1 atom stereocenters. The van der Waals surface area contributed by atoms with E-state index in [9.17, 15) is 22.8 Å². The minimum atomic E-state index is -4.71. The van der Waals surface area contributed by atoms with Crippen molar-refractivity contribution in [2.45, 2.75) is 12.2 Å². The van der Waals surface area contributed by atoms with Crippen LogP contribution < -0.4 is 5.32 Å². The van der Waals surface area contributed by atoms with Gasteiger partial charge in [-0.15, -0.1) is 0 Å². The van der Waals surface area contributed by atoms with Gasteiger partial charge in [0.05, 0.1) is 12.1 Å². The predicted molar refractivity (Wildman–Crippen MR) is 57.5 cm³/mol. The van der Waals surface area contributed by atoms with Gasteiger partial charge in [-0.05, 0) is 11.6 Å². The SMILES string of the molecule is O=C(O)CNC(C(=O)O)c1ccccc1C(F)(F)F. The van der Waals surface area contributed by atoms with E-state index in [1.807, 2.05) is 5.32 Å². The van der Waals surface area contributed by atoms with Crippen LogP contribution in [0.4, 0.5) is 13.2 Å². The summed E-state index contributed by atoms with van der Waals surface area (Å²) in [6.45, 7) is -0.761. The second-order valence-corrected chi connectivity index (χ2v) is 3.63. The van der Waals surface area contributed by atoms with E-state index in [0.717, 1.165) is 18.2 Å². The molecule has 1 aromatic carbocycles. The number of hydrogen-bond acceptors (Lipinski definition) is 3. The summed E-state index contributed by atoms with van der Waals surface area (Å²) in [5, 5.41) is 19.4. The van der Waals surface area contributed by atoms with Crippen molar-refractivity contribution >= 4 is 11.9 Å². The van der Waals surface area contributed by atoms with Gasteiger partial charge in [0.15, 0.2) is 0 Å². The number of halogens is 3. The average Bonchev–Trinajstić information content (AvgIpc) is 2.27. The summed E-state index contributed by atoms with van der Waals surface area (Å²) in [5.41, 5.74) is -1.64. The largest absolute Gasteiger partial charge is 0.480 e. The van der Waals surface area contributed by atoms with Gasteiger partial charge >= 0.3 is 18.1 Å². The lowest BCUT2D eigenvalue weighted by Crippen LogP contribution is -2.34. The Morgan fingerprint density at radius 2 is 1.79 bits per heavy atom. The molecule has 0 amide bonds. The molecule has 8 heteroatoms. The summed E-state index contributed by atoms with van der Waals surface area (Å²) in [7, 11) is 0. The monoisotopic (exact) mass is 277 g/mol. The molecular formula is C11H10F3NO4. The van der Waals surface area contributed by atoms with Gasteiger partial charge < -0.3 is 10.2 Å². The van der Waals surface area contributed by atoms with Gasteiger partial charge in [-0.1, -0.05) is 18.2 Å². The van der Waals surface area contributed by atoms with Crippen LogP contribution in [0.2, 0.25) is 0 Å². The average molecular weight is 277 g/mol. The van der Waals surface area contributed by atoms with E-state index in [1.54, 1.807) is 0 Å². The van der Waals surface area contributed by atoms with Crippen LogP contribution in [-0.4, -0.2) is 28.7 Å². The van der Waals surface area contributed by atoms with Crippen molar-refractivity contribution in [1.29, 1.82) is 0 Å². The van der Waals surface area contributed by atoms with Crippen molar-refractivity contribution in [1.82, 2.24) is 5.32 Å². The summed E-state index contributed by atoms with van der Waals surface area (Å²) >= 11 is 0. The molecule has 0 bridgehead atoms. The maximum absolute atomic E-state index is 12.7. The van der Waals surface area contributed by atoms with Gasteiger partial charge in [-0.25, -0.2) is 0 Å². The third-order valence-electron chi connectivity index (χ3n) is 2.28. The summed E-state index contributed by atoms with van der Waals surface area (Å²) in [5.74, 6) is -2.95. The Kier molecular flexibility index (Phi) is 4.49. The topological polar surface area (TPSA) is 86.6 Å². The van der Waals surface area contributed by atoms with Crippen molar-refractivity contribution in [3.8, 4) is 0 Å². The van der Waals surface area contributed by atoms with Gasteiger partial charge in [-0.3, -0.25) is 14.9 Å². The molecule has 0 heterocycles. The molecule has 0 saturated heterocycles. The molecule has 1 aromatic rings. The van der Waals surface area contributed by atoms with E-state index in [-0.39, 0.29) is 0 Å². The number of carboxylic acids is 2. The van der Waals surface area contributed by atoms with Crippen LogP contribution in [0.5, 0.6) is 0 Å². The molecule has 3 N–H and O–H groups in total. The molecule has 1 rings (SSSR count). The Morgan fingerprint density at radius 3 is 2.26 bits per heavy atom. The van der Waals surface area contributed by atoms with Gasteiger partial charge in [-0.2, -0.15) is 13.2 Å². The van der Waals surface area contributed by atoms with E-state index in [1.165, 1.54) is 6.07 Å². The minimum absolute atomic E-state index is 0.524. The van der Waals surface area contributed by atoms with Crippen LogP contribution in [0, 0.1) is 0 Å². The molecule has 19 heavy (non-hydrogen) atoms. The maximum Gasteiger partial charge on any atom is 0.416 e. The first-order valence-electron chi connectivity index (χ1n) is 5.07. The molecule has 0 radical (unpaired) electrons. The lowest BCUT2D eigenvalue weighted by molar-refractivity contribution is -0.142. The molecule has 5 nitrogen and oxygen atoms in total.